The maximum Gasteiger partial charge on any atom is 0.390 e. The van der Waals surface area contributed by atoms with Gasteiger partial charge >= 0.3 is 12.4 Å². The van der Waals surface area contributed by atoms with Gasteiger partial charge in [0.05, 0.1) is 85.2 Å². The molecule has 0 aliphatic heterocycles. The lowest BCUT2D eigenvalue weighted by atomic mass is 10.3. The van der Waals surface area contributed by atoms with Gasteiger partial charge in [0.25, 0.3) is 11.8 Å². The highest BCUT2D eigenvalue weighted by atomic mass is 35.5. The van der Waals surface area contributed by atoms with E-state index in [1.165, 1.54) is 40.5 Å². The summed E-state index contributed by atoms with van der Waals surface area (Å²) in [6.45, 7) is 8.64. The number of hydrogen-bond acceptors (Lipinski definition) is 16. The topological polar surface area (TPSA) is 238 Å². The van der Waals surface area contributed by atoms with Crippen LogP contribution in [-0.4, -0.2) is 188 Å². The highest BCUT2D eigenvalue weighted by Crippen LogP contribution is 2.50. The van der Waals surface area contributed by atoms with E-state index in [1.807, 2.05) is 13.0 Å². The van der Waals surface area contributed by atoms with Crippen molar-refractivity contribution in [2.24, 2.45) is 11.8 Å². The number of amides is 4. The van der Waals surface area contributed by atoms with Crippen LogP contribution < -0.4 is 19.6 Å². The Balaban J connectivity index is 0.000000197. The zero-order valence-corrected chi connectivity index (χ0v) is 63.7. The van der Waals surface area contributed by atoms with Gasteiger partial charge in [-0.15, -0.1) is 0 Å². The molecular formula is C66H74Cl4F10N16O6S4. The van der Waals surface area contributed by atoms with Crippen LogP contribution in [0.3, 0.4) is 0 Å². The number of halogens is 14. The summed E-state index contributed by atoms with van der Waals surface area (Å²) in [6, 6.07) is 14.2. The van der Waals surface area contributed by atoms with Crippen LogP contribution in [0.25, 0.3) is 22.7 Å². The van der Waals surface area contributed by atoms with Gasteiger partial charge in [-0.05, 0) is 76.2 Å². The molecule has 8 aromatic rings. The molecule has 106 heavy (non-hydrogen) atoms. The van der Waals surface area contributed by atoms with Crippen molar-refractivity contribution in [3.63, 3.8) is 0 Å². The first kappa shape index (κ1) is 86.0. The molecule has 4 amide bonds. The van der Waals surface area contributed by atoms with Gasteiger partial charge in [0.2, 0.25) is 23.6 Å². The first-order chi connectivity index (χ1) is 50.3. The van der Waals surface area contributed by atoms with E-state index < -0.39 is 76.2 Å². The number of pyridine rings is 4. The lowest BCUT2D eigenvalue weighted by Gasteiger charge is -2.19. The van der Waals surface area contributed by atoms with E-state index in [-0.39, 0.29) is 112 Å². The predicted octanol–water partition coefficient (Wildman–Crippen LogP) is 14.8. The number of anilines is 4. The van der Waals surface area contributed by atoms with E-state index in [9.17, 15) is 71.5 Å². The van der Waals surface area contributed by atoms with E-state index in [2.05, 4.69) is 40.3 Å². The first-order valence-electron chi connectivity index (χ1n) is 32.8. The number of rotatable bonds is 32. The Morgan fingerprint density at radius 2 is 0.764 bits per heavy atom. The third kappa shape index (κ3) is 26.6. The molecule has 0 aromatic carbocycles. The van der Waals surface area contributed by atoms with Crippen LogP contribution in [0, 0.1) is 11.8 Å². The predicted molar refractivity (Wildman–Crippen MR) is 394 cm³/mol. The summed E-state index contributed by atoms with van der Waals surface area (Å²) < 4.78 is 154. The molecule has 576 valence electrons. The van der Waals surface area contributed by atoms with Crippen LogP contribution in [0.2, 0.25) is 20.6 Å². The van der Waals surface area contributed by atoms with Crippen molar-refractivity contribution in [1.82, 2.24) is 59.1 Å². The lowest BCUT2D eigenvalue weighted by Crippen LogP contribution is -2.31. The molecule has 8 heterocycles. The molecule has 0 N–H and O–H groups in total. The van der Waals surface area contributed by atoms with E-state index >= 15 is 0 Å². The minimum absolute atomic E-state index is 0.00680. The quantitative estimate of drug-likeness (QED) is 0.0281. The molecule has 10 rings (SSSR count). The molecule has 0 radical (unpaired) electrons. The third-order valence-electron chi connectivity index (χ3n) is 15.6. The van der Waals surface area contributed by atoms with Crippen molar-refractivity contribution in [3.05, 3.63) is 144 Å². The molecule has 2 saturated carbocycles. The van der Waals surface area contributed by atoms with E-state index in [0.717, 1.165) is 17.4 Å². The SMILES string of the molecule is CCN(C(=O)CCS(=O)CC1CC1(F)F)c1cn(-c2cccnc2)nc1Cl.CCN(C(=O)CCS(=O)CCC(F)(F)F)c1cn(-c2cccnc2)nc1Cl.CCN(C(=O)CCSCC1CC1(F)F)c1cn(-c2cccnc2)nc1Cl.CCN(C(=O)CCSCCC(F)(F)F)c1cn(-c2cccnc2)nc1Cl. The first-order valence-corrected chi connectivity index (χ1v) is 39.6. The summed E-state index contributed by atoms with van der Waals surface area (Å²) in [5.41, 5.74) is 4.59. The largest absolute Gasteiger partial charge is 0.390 e. The molecule has 0 saturated heterocycles. The van der Waals surface area contributed by atoms with Crippen LogP contribution in [0.5, 0.6) is 0 Å². The molecule has 4 unspecified atom stereocenters. The number of carbonyl (C=O) groups is 4. The Bertz CT molecular complexity index is 4190. The molecule has 2 aliphatic rings. The van der Waals surface area contributed by atoms with Gasteiger partial charge in [-0.25, -0.2) is 36.3 Å². The van der Waals surface area contributed by atoms with Gasteiger partial charge in [0.15, 0.2) is 20.6 Å². The van der Waals surface area contributed by atoms with Crippen LogP contribution >= 0.6 is 69.9 Å². The summed E-state index contributed by atoms with van der Waals surface area (Å²) in [4.78, 5) is 71.8. The number of alkyl halides is 10. The van der Waals surface area contributed by atoms with E-state index in [1.54, 1.807) is 147 Å². The maximum absolute atomic E-state index is 12.9. The van der Waals surface area contributed by atoms with Gasteiger partial charge < -0.3 is 19.6 Å². The summed E-state index contributed by atoms with van der Waals surface area (Å²) >= 11 is 27.2. The molecule has 4 atom stereocenters. The zero-order valence-electron chi connectivity index (χ0n) is 57.4. The van der Waals surface area contributed by atoms with Gasteiger partial charge in [0, 0.05) is 169 Å². The third-order valence-corrected chi connectivity index (χ3v) is 21.6. The minimum atomic E-state index is -4.36. The molecule has 2 fully saturated rings. The second kappa shape index (κ2) is 40.3. The summed E-state index contributed by atoms with van der Waals surface area (Å²) in [7, 11) is -3.17. The number of aromatic nitrogens is 12. The molecule has 2 aliphatic carbocycles. The average Bonchev–Trinajstić information content (AvgIpc) is 1.65. The highest BCUT2D eigenvalue weighted by Gasteiger charge is 2.57. The fourth-order valence-corrected chi connectivity index (χ4v) is 15.2. The number of hydrogen-bond donors (Lipinski definition) is 0. The second-order valence-corrected chi connectivity index (χ2v) is 30.4. The van der Waals surface area contributed by atoms with E-state index in [4.69, 9.17) is 46.4 Å². The van der Waals surface area contributed by atoms with Crippen LogP contribution in [0.1, 0.15) is 79.1 Å². The number of nitrogens with zero attached hydrogens (tertiary/aromatic N) is 16. The smallest absolute Gasteiger partial charge is 0.308 e. The molecule has 22 nitrogen and oxygen atoms in total. The van der Waals surface area contributed by atoms with Crippen LogP contribution in [0.4, 0.5) is 66.7 Å². The molecule has 0 bridgehead atoms. The Kier molecular flexibility index (Phi) is 32.7. The maximum atomic E-state index is 12.9. The monoisotopic (exact) mass is 1640 g/mol. The Labute approximate surface area is 637 Å². The van der Waals surface area contributed by atoms with Gasteiger partial charge in [-0.1, -0.05) is 46.4 Å². The second-order valence-electron chi connectivity index (χ2n) is 23.3. The summed E-state index contributed by atoms with van der Waals surface area (Å²) in [5, 5.41) is 17.4. The molecule has 0 spiro atoms. The average molecular weight is 1650 g/mol. The Morgan fingerprint density at radius 3 is 1.05 bits per heavy atom. The van der Waals surface area contributed by atoms with E-state index in [0.29, 0.717) is 76.7 Å². The van der Waals surface area contributed by atoms with Gasteiger partial charge in [-0.3, -0.25) is 47.5 Å². The number of carbonyl (C=O) groups excluding carboxylic acids is 4. The van der Waals surface area contributed by atoms with Crippen molar-refractivity contribution >= 4 is 138 Å². The Morgan fingerprint density at radius 1 is 0.462 bits per heavy atom. The minimum Gasteiger partial charge on any atom is -0.308 e. The standard InChI is InChI=1S/C17H19ClF2N4O2S.C17H19ClF2N4OS.C16H18ClF3N4O2S.C16H18ClF3N4OS/c1-2-23(15(25)5-7-27(26)11-12-8-17(12,19)20)14-10-24(22-16(14)18)13-4-3-6-21-9-13;1-2-23(15(25)5-7-26-11-12-8-17(12,19)20)14-10-24(22-16(14)18)13-4-3-6-21-9-13;1-2-23(14(25)5-8-27(26)9-6-16(18,19)20)13-11-24(22-15(13)17)12-4-3-7-21-10-12;1-2-23(14(25)5-8-26-9-6-16(18,19)20)13-11-24(22-15(13)17)12-4-3-7-21-10-12/h3-4,6,9-10,12H,2,5,7-8,11H2,1H3;3-4,6,9-10,12H,2,5,7-8,11H2,1H3;3-4,7,10-11H,2,5-6,8-9H2,1H3;3-4,7,10-11H,2,5-6,8-9H2,1H3. The van der Waals surface area contributed by atoms with Crippen LogP contribution in [0.15, 0.2) is 123 Å². The summed E-state index contributed by atoms with van der Waals surface area (Å²) in [5.74, 6) is -7.00. The van der Waals surface area contributed by atoms with Gasteiger partial charge in [0.1, 0.15) is 22.7 Å². The lowest BCUT2D eigenvalue weighted by molar-refractivity contribution is -0.130. The Hall–Kier alpha value is -7.22. The number of thioether (sulfide) groups is 2. The zero-order chi connectivity index (χ0) is 77.5. The van der Waals surface area contributed by atoms with Crippen molar-refractivity contribution in [3.8, 4) is 22.7 Å². The van der Waals surface area contributed by atoms with Gasteiger partial charge in [-0.2, -0.15) is 70.3 Å². The molecular weight excluding hydrogens is 1570 g/mol. The van der Waals surface area contributed by atoms with Crippen molar-refractivity contribution in [2.75, 3.05) is 91.8 Å². The summed E-state index contributed by atoms with van der Waals surface area (Å²) in [6.07, 6.45) is 9.01. The highest BCUT2D eigenvalue weighted by molar-refractivity contribution is 7.99. The van der Waals surface area contributed by atoms with Crippen molar-refractivity contribution < 1.29 is 71.5 Å². The molecule has 8 aromatic heterocycles. The fourth-order valence-electron chi connectivity index (χ4n) is 9.83. The molecule has 40 heteroatoms. The van der Waals surface area contributed by atoms with Crippen LogP contribution in [-0.2, 0) is 40.8 Å². The normalized spacial score (nSPS) is 15.3. The fraction of sp³-hybridized carbons (Fsp3) is 0.455. The van der Waals surface area contributed by atoms with Crippen molar-refractivity contribution in [1.29, 1.82) is 0 Å². The van der Waals surface area contributed by atoms with Crippen molar-refractivity contribution in [2.45, 2.75) is 103 Å².